The van der Waals surface area contributed by atoms with Gasteiger partial charge in [-0.15, -0.1) is 0 Å². The maximum atomic E-state index is 11.8. The number of amides is 1. The van der Waals surface area contributed by atoms with Crippen molar-refractivity contribution in [3.8, 4) is 0 Å². The summed E-state index contributed by atoms with van der Waals surface area (Å²) in [5.41, 5.74) is 5.56. The van der Waals surface area contributed by atoms with Crippen molar-refractivity contribution in [2.75, 3.05) is 0 Å². The van der Waals surface area contributed by atoms with Gasteiger partial charge in [-0.25, -0.2) is 0 Å². The molecular formula is C11H19N3O7. The first-order valence-corrected chi connectivity index (χ1v) is 6.11. The van der Waals surface area contributed by atoms with Gasteiger partial charge >= 0.3 is 17.9 Å². The number of hydrogen-bond donors (Lipinski definition) is 6. The zero-order valence-electron chi connectivity index (χ0n) is 11.4. The Morgan fingerprint density at radius 1 is 1.10 bits per heavy atom. The predicted molar refractivity (Wildman–Crippen MR) is 69.3 cm³/mol. The second-order valence-electron chi connectivity index (χ2n) is 4.42. The molecule has 3 atom stereocenters. The molecular weight excluding hydrogens is 286 g/mol. The topological polar surface area (TPSA) is 179 Å². The number of hydrogen-bond acceptors (Lipinski definition) is 6. The Morgan fingerprint density at radius 2 is 1.67 bits per heavy atom. The molecule has 0 spiro atoms. The minimum atomic E-state index is -1.28. The number of nitrogens with two attached hydrogens (primary N) is 1. The molecule has 0 rings (SSSR count). The van der Waals surface area contributed by atoms with Crippen molar-refractivity contribution in [1.29, 1.82) is 0 Å². The van der Waals surface area contributed by atoms with Crippen molar-refractivity contribution in [2.45, 2.75) is 44.4 Å². The third-order valence-electron chi connectivity index (χ3n) is 2.51. The number of carbonyl (C=O) groups excluding carboxylic acids is 1. The summed E-state index contributed by atoms with van der Waals surface area (Å²) >= 11 is 0. The van der Waals surface area contributed by atoms with Crippen molar-refractivity contribution in [1.82, 2.24) is 10.6 Å². The average molecular weight is 305 g/mol. The molecule has 1 unspecified atom stereocenters. The van der Waals surface area contributed by atoms with Crippen LogP contribution in [-0.4, -0.2) is 57.4 Å². The molecule has 0 heterocycles. The first-order valence-electron chi connectivity index (χ1n) is 6.11. The van der Waals surface area contributed by atoms with Gasteiger partial charge in [-0.1, -0.05) is 0 Å². The maximum Gasteiger partial charge on any atom is 0.325 e. The Morgan fingerprint density at radius 3 is 2.10 bits per heavy atom. The van der Waals surface area contributed by atoms with Crippen LogP contribution in [0.5, 0.6) is 0 Å². The van der Waals surface area contributed by atoms with Crippen LogP contribution in [-0.2, 0) is 19.2 Å². The van der Waals surface area contributed by atoms with Gasteiger partial charge in [0.05, 0.1) is 18.6 Å². The first kappa shape index (κ1) is 18.8. The van der Waals surface area contributed by atoms with E-state index in [1.807, 2.05) is 0 Å². The van der Waals surface area contributed by atoms with Crippen LogP contribution in [0.2, 0.25) is 0 Å². The Bertz CT molecular complexity index is 413. The van der Waals surface area contributed by atoms with Crippen molar-refractivity contribution < 1.29 is 34.5 Å². The lowest BCUT2D eigenvalue weighted by Gasteiger charge is -2.22. The zero-order valence-corrected chi connectivity index (χ0v) is 11.4. The van der Waals surface area contributed by atoms with E-state index in [4.69, 9.17) is 21.1 Å². The molecule has 0 fully saturated rings. The molecule has 1 amide bonds. The monoisotopic (exact) mass is 305 g/mol. The lowest BCUT2D eigenvalue weighted by Crippen LogP contribution is -2.54. The van der Waals surface area contributed by atoms with E-state index < -0.39 is 48.5 Å². The minimum Gasteiger partial charge on any atom is -0.481 e. The normalized spacial score (nSPS) is 14.8. The summed E-state index contributed by atoms with van der Waals surface area (Å²) in [5.74, 6) is -4.47. The van der Waals surface area contributed by atoms with Crippen LogP contribution in [0.4, 0.5) is 0 Å². The van der Waals surface area contributed by atoms with E-state index in [9.17, 15) is 19.2 Å². The number of aliphatic carboxylic acids is 3. The zero-order chi connectivity index (χ0) is 16.6. The summed E-state index contributed by atoms with van der Waals surface area (Å²) in [5, 5.41) is 30.5. The SMILES string of the molecule is C[C@H](NC(=O)[C@H](CC(=O)O)NC(N)CCC(=O)O)C(=O)O. The Kier molecular flexibility index (Phi) is 7.94. The third kappa shape index (κ3) is 8.55. The highest BCUT2D eigenvalue weighted by Gasteiger charge is 2.26. The van der Waals surface area contributed by atoms with Gasteiger partial charge in [0, 0.05) is 6.42 Å². The van der Waals surface area contributed by atoms with Crippen LogP contribution in [0.15, 0.2) is 0 Å². The fourth-order valence-corrected chi connectivity index (χ4v) is 1.40. The Balaban J connectivity index is 4.63. The number of carboxylic acids is 3. The summed E-state index contributed by atoms with van der Waals surface area (Å²) < 4.78 is 0. The van der Waals surface area contributed by atoms with E-state index in [0.717, 1.165) is 0 Å². The van der Waals surface area contributed by atoms with Crippen LogP contribution in [0.1, 0.15) is 26.2 Å². The fourth-order valence-electron chi connectivity index (χ4n) is 1.40. The molecule has 10 nitrogen and oxygen atoms in total. The van der Waals surface area contributed by atoms with Gasteiger partial charge in [0.1, 0.15) is 6.04 Å². The first-order chi connectivity index (χ1) is 9.63. The number of rotatable bonds is 10. The van der Waals surface area contributed by atoms with Crippen LogP contribution in [0.25, 0.3) is 0 Å². The molecule has 0 aromatic carbocycles. The van der Waals surface area contributed by atoms with Gasteiger partial charge in [-0.05, 0) is 13.3 Å². The quantitative estimate of drug-likeness (QED) is 0.253. The van der Waals surface area contributed by atoms with Gasteiger partial charge < -0.3 is 26.4 Å². The van der Waals surface area contributed by atoms with Crippen LogP contribution in [0.3, 0.4) is 0 Å². The molecule has 7 N–H and O–H groups in total. The molecule has 0 aliphatic carbocycles. The van der Waals surface area contributed by atoms with E-state index >= 15 is 0 Å². The summed E-state index contributed by atoms with van der Waals surface area (Å²) in [7, 11) is 0. The van der Waals surface area contributed by atoms with Gasteiger partial charge in [0.15, 0.2) is 0 Å². The molecule has 0 aromatic rings. The summed E-state index contributed by atoms with van der Waals surface area (Å²) in [6.07, 6.45) is -1.77. The number of nitrogens with one attached hydrogen (secondary N) is 2. The van der Waals surface area contributed by atoms with E-state index in [-0.39, 0.29) is 12.8 Å². The van der Waals surface area contributed by atoms with Gasteiger partial charge in [0.25, 0.3) is 0 Å². The van der Waals surface area contributed by atoms with Crippen LogP contribution < -0.4 is 16.4 Å². The minimum absolute atomic E-state index is 0.00673. The molecule has 0 radical (unpaired) electrons. The third-order valence-corrected chi connectivity index (χ3v) is 2.51. The smallest absolute Gasteiger partial charge is 0.325 e. The fraction of sp³-hybridized carbons (Fsp3) is 0.636. The van der Waals surface area contributed by atoms with E-state index in [0.29, 0.717) is 0 Å². The predicted octanol–water partition coefficient (Wildman–Crippen LogP) is -1.84. The molecule has 0 aliphatic rings. The highest BCUT2D eigenvalue weighted by atomic mass is 16.4. The maximum absolute atomic E-state index is 11.8. The molecule has 0 saturated heterocycles. The molecule has 0 bridgehead atoms. The molecule has 21 heavy (non-hydrogen) atoms. The lowest BCUT2D eigenvalue weighted by atomic mass is 10.1. The highest BCUT2D eigenvalue weighted by Crippen LogP contribution is 1.99. The van der Waals surface area contributed by atoms with E-state index in [2.05, 4.69) is 10.6 Å². The van der Waals surface area contributed by atoms with Crippen LogP contribution >= 0.6 is 0 Å². The average Bonchev–Trinajstić information content (AvgIpc) is 2.34. The van der Waals surface area contributed by atoms with Crippen molar-refractivity contribution in [2.24, 2.45) is 5.73 Å². The summed E-state index contributed by atoms with van der Waals surface area (Å²) in [6, 6.07) is -2.45. The second kappa shape index (κ2) is 8.87. The van der Waals surface area contributed by atoms with E-state index in [1.165, 1.54) is 6.92 Å². The molecule has 0 aromatic heterocycles. The van der Waals surface area contributed by atoms with Crippen molar-refractivity contribution in [3.05, 3.63) is 0 Å². The van der Waals surface area contributed by atoms with Crippen LogP contribution in [0, 0.1) is 0 Å². The molecule has 120 valence electrons. The number of carbonyl (C=O) groups is 4. The molecule has 10 heteroatoms. The number of carboxylic acid groups (broad SMARTS) is 3. The Labute approximate surface area is 120 Å². The largest absolute Gasteiger partial charge is 0.481 e. The lowest BCUT2D eigenvalue weighted by molar-refractivity contribution is -0.143. The highest BCUT2D eigenvalue weighted by molar-refractivity contribution is 5.89. The standard InChI is InChI=1S/C11H19N3O7/c1-5(11(20)21)13-10(19)6(4-9(17)18)14-7(12)2-3-8(15)16/h5-7,14H,2-4,12H2,1H3,(H,13,19)(H,15,16)(H,17,18)(H,20,21)/t5-,6-,7?/m0/s1. The summed E-state index contributed by atoms with van der Waals surface area (Å²) in [6.45, 7) is 1.22. The molecule has 0 saturated carbocycles. The second-order valence-corrected chi connectivity index (χ2v) is 4.42. The van der Waals surface area contributed by atoms with Gasteiger partial charge in [-0.3, -0.25) is 24.5 Å². The summed E-state index contributed by atoms with van der Waals surface area (Å²) in [4.78, 5) is 43.5. The van der Waals surface area contributed by atoms with Gasteiger partial charge in [-0.2, -0.15) is 0 Å². The van der Waals surface area contributed by atoms with Gasteiger partial charge in [0.2, 0.25) is 5.91 Å². The van der Waals surface area contributed by atoms with Crippen molar-refractivity contribution >= 4 is 23.8 Å². The molecule has 0 aliphatic heterocycles. The Hall–Kier alpha value is -2.20. The van der Waals surface area contributed by atoms with Crippen molar-refractivity contribution in [3.63, 3.8) is 0 Å². The van der Waals surface area contributed by atoms with E-state index in [1.54, 1.807) is 0 Å².